The molecule has 5 nitrogen and oxygen atoms in total. The molecule has 1 aromatic heterocycles. The number of rotatable bonds is 3. The van der Waals surface area contributed by atoms with Gasteiger partial charge in [0, 0.05) is 11.5 Å². The molecule has 1 aliphatic heterocycles. The molecular weight excluding hydrogens is 314 g/mol. The molecule has 0 unspecified atom stereocenters. The molecule has 0 fully saturated rings. The summed E-state index contributed by atoms with van der Waals surface area (Å²) >= 11 is 0. The summed E-state index contributed by atoms with van der Waals surface area (Å²) in [4.78, 5) is 12.7. The van der Waals surface area contributed by atoms with Crippen molar-refractivity contribution in [3.8, 4) is 11.4 Å². The summed E-state index contributed by atoms with van der Waals surface area (Å²) in [6.07, 6.45) is 1.30. The van der Waals surface area contributed by atoms with Crippen molar-refractivity contribution in [3.05, 3.63) is 72.1 Å². The van der Waals surface area contributed by atoms with Gasteiger partial charge in [-0.15, -0.1) is 0 Å². The number of nitrogens with one attached hydrogen (secondary N) is 1. The van der Waals surface area contributed by atoms with Gasteiger partial charge >= 0.3 is 0 Å². The van der Waals surface area contributed by atoms with Gasteiger partial charge in [0.05, 0.1) is 23.3 Å². The molecule has 25 heavy (non-hydrogen) atoms. The third kappa shape index (κ3) is 2.78. The number of amides is 1. The lowest BCUT2D eigenvalue weighted by atomic mass is 9.97. The quantitative estimate of drug-likeness (QED) is 0.795. The van der Waals surface area contributed by atoms with Crippen molar-refractivity contribution in [3.63, 3.8) is 0 Å². The van der Waals surface area contributed by atoms with Crippen LogP contribution in [-0.2, 0) is 4.79 Å². The van der Waals surface area contributed by atoms with Gasteiger partial charge in [0.15, 0.2) is 6.10 Å². The lowest BCUT2D eigenvalue weighted by molar-refractivity contribution is -0.122. The molecule has 126 valence electrons. The number of aryl methyl sites for hydroxylation is 1. The van der Waals surface area contributed by atoms with Gasteiger partial charge in [-0.1, -0.05) is 43.3 Å². The van der Waals surface area contributed by atoms with E-state index < -0.39 is 6.10 Å². The Morgan fingerprint density at radius 2 is 1.84 bits per heavy atom. The number of anilines is 1. The first-order chi connectivity index (χ1) is 12.1. The first kappa shape index (κ1) is 15.4. The van der Waals surface area contributed by atoms with Crippen molar-refractivity contribution >= 4 is 11.6 Å². The average molecular weight is 333 g/mol. The zero-order valence-electron chi connectivity index (χ0n) is 14.1. The summed E-state index contributed by atoms with van der Waals surface area (Å²) in [7, 11) is 0. The molecule has 3 aromatic rings. The van der Waals surface area contributed by atoms with Crippen LogP contribution in [0.15, 0.2) is 60.8 Å². The summed E-state index contributed by atoms with van der Waals surface area (Å²) in [5.74, 6) is 0.645. The Bertz CT molecular complexity index is 918. The Morgan fingerprint density at radius 3 is 2.60 bits per heavy atom. The Morgan fingerprint density at radius 1 is 1.12 bits per heavy atom. The van der Waals surface area contributed by atoms with Gasteiger partial charge in [-0.3, -0.25) is 4.79 Å². The maximum atomic E-state index is 12.7. The van der Waals surface area contributed by atoms with Gasteiger partial charge in [-0.05, 0) is 25.1 Å². The van der Waals surface area contributed by atoms with Gasteiger partial charge in [-0.25, -0.2) is 4.68 Å². The number of hydrogen-bond acceptors (Lipinski definition) is 3. The number of aromatic nitrogens is 2. The van der Waals surface area contributed by atoms with Gasteiger partial charge < -0.3 is 10.1 Å². The standard InChI is InChI=1S/C20H19N3O2/c1-13-16-10-6-7-11-18(16)25-19(13)20(24)21-17-12-23(22-14(17)2)15-8-4-3-5-9-15/h3-13,19H,1-2H3,(H,21,24)/t13-,19+/m1/s1. The molecule has 1 aliphatic rings. The highest BCUT2D eigenvalue weighted by Gasteiger charge is 2.36. The van der Waals surface area contributed by atoms with E-state index in [1.54, 1.807) is 4.68 Å². The van der Waals surface area contributed by atoms with E-state index in [0.29, 0.717) is 5.69 Å². The van der Waals surface area contributed by atoms with Crippen LogP contribution in [0.3, 0.4) is 0 Å². The number of carbonyl (C=O) groups is 1. The third-order valence-electron chi connectivity index (χ3n) is 4.55. The molecular formula is C20H19N3O2. The van der Waals surface area contributed by atoms with Crippen LogP contribution >= 0.6 is 0 Å². The summed E-state index contributed by atoms with van der Waals surface area (Å²) in [5, 5.41) is 7.44. The summed E-state index contributed by atoms with van der Waals surface area (Å²) in [6, 6.07) is 17.6. The number of fused-ring (bicyclic) bond motifs is 1. The fourth-order valence-electron chi connectivity index (χ4n) is 3.15. The Labute approximate surface area is 146 Å². The van der Waals surface area contributed by atoms with E-state index in [2.05, 4.69) is 10.4 Å². The molecule has 0 aliphatic carbocycles. The van der Waals surface area contributed by atoms with Crippen molar-refractivity contribution in [2.45, 2.75) is 25.9 Å². The van der Waals surface area contributed by atoms with Crippen LogP contribution in [0, 0.1) is 6.92 Å². The second-order valence-corrected chi connectivity index (χ2v) is 6.26. The van der Waals surface area contributed by atoms with Crippen LogP contribution in [-0.4, -0.2) is 21.8 Å². The van der Waals surface area contributed by atoms with Crippen molar-refractivity contribution in [1.29, 1.82) is 0 Å². The summed E-state index contributed by atoms with van der Waals surface area (Å²) in [5.41, 5.74) is 3.48. The predicted octanol–water partition coefficient (Wildman–Crippen LogP) is 3.68. The third-order valence-corrected chi connectivity index (χ3v) is 4.55. The summed E-state index contributed by atoms with van der Waals surface area (Å²) < 4.78 is 7.61. The van der Waals surface area contributed by atoms with Crippen LogP contribution in [0.25, 0.3) is 5.69 Å². The zero-order valence-corrected chi connectivity index (χ0v) is 14.1. The molecule has 1 N–H and O–H groups in total. The van der Waals surface area contributed by atoms with Crippen LogP contribution in [0.1, 0.15) is 24.1 Å². The molecule has 0 spiro atoms. The topological polar surface area (TPSA) is 56.2 Å². The van der Waals surface area contributed by atoms with Crippen molar-refractivity contribution in [1.82, 2.24) is 9.78 Å². The first-order valence-corrected chi connectivity index (χ1v) is 8.31. The molecule has 0 saturated carbocycles. The zero-order chi connectivity index (χ0) is 17.4. The number of para-hydroxylation sites is 2. The molecule has 1 amide bonds. The fourth-order valence-corrected chi connectivity index (χ4v) is 3.15. The molecule has 0 bridgehead atoms. The molecule has 5 heteroatoms. The summed E-state index contributed by atoms with van der Waals surface area (Å²) in [6.45, 7) is 3.89. The predicted molar refractivity (Wildman–Crippen MR) is 96.2 cm³/mol. The molecule has 0 saturated heterocycles. The van der Waals surface area contributed by atoms with E-state index in [-0.39, 0.29) is 11.8 Å². The van der Waals surface area contributed by atoms with Crippen LogP contribution in [0.5, 0.6) is 5.75 Å². The van der Waals surface area contributed by atoms with Gasteiger partial charge in [0.1, 0.15) is 5.75 Å². The maximum absolute atomic E-state index is 12.7. The van der Waals surface area contributed by atoms with Crippen molar-refractivity contribution in [2.75, 3.05) is 5.32 Å². The van der Waals surface area contributed by atoms with Crippen molar-refractivity contribution < 1.29 is 9.53 Å². The SMILES string of the molecule is Cc1nn(-c2ccccc2)cc1NC(=O)[C@H]1Oc2ccccc2[C@H]1C. The van der Waals surface area contributed by atoms with E-state index in [1.807, 2.05) is 74.6 Å². The molecule has 0 radical (unpaired) electrons. The smallest absolute Gasteiger partial charge is 0.266 e. The largest absolute Gasteiger partial charge is 0.480 e. The average Bonchev–Trinajstić information content (AvgIpc) is 3.17. The van der Waals surface area contributed by atoms with Gasteiger partial charge in [0.2, 0.25) is 0 Å². The van der Waals surface area contributed by atoms with Crippen LogP contribution < -0.4 is 10.1 Å². The molecule has 2 aromatic carbocycles. The number of benzene rings is 2. The van der Waals surface area contributed by atoms with Gasteiger partial charge in [0.25, 0.3) is 5.91 Å². The molecule has 2 heterocycles. The second kappa shape index (κ2) is 6.09. The Hall–Kier alpha value is -3.08. The highest BCUT2D eigenvalue weighted by atomic mass is 16.5. The monoisotopic (exact) mass is 333 g/mol. The number of ether oxygens (including phenoxy) is 1. The number of carbonyl (C=O) groups excluding carboxylic acids is 1. The normalized spacial score (nSPS) is 18.5. The molecule has 2 atom stereocenters. The van der Waals surface area contributed by atoms with E-state index in [1.165, 1.54) is 0 Å². The van der Waals surface area contributed by atoms with Crippen LogP contribution in [0.4, 0.5) is 5.69 Å². The minimum atomic E-state index is -0.531. The highest BCUT2D eigenvalue weighted by molar-refractivity contribution is 5.96. The lowest BCUT2D eigenvalue weighted by Crippen LogP contribution is -2.33. The minimum absolute atomic E-state index is 0.0145. The number of hydrogen-bond donors (Lipinski definition) is 1. The van der Waals surface area contributed by atoms with Crippen molar-refractivity contribution in [2.24, 2.45) is 0 Å². The van der Waals surface area contributed by atoms with Crippen LogP contribution in [0.2, 0.25) is 0 Å². The highest BCUT2D eigenvalue weighted by Crippen LogP contribution is 2.38. The Kier molecular flexibility index (Phi) is 3.76. The lowest BCUT2D eigenvalue weighted by Gasteiger charge is -2.14. The van der Waals surface area contributed by atoms with Gasteiger partial charge in [-0.2, -0.15) is 5.10 Å². The second-order valence-electron chi connectivity index (χ2n) is 6.26. The maximum Gasteiger partial charge on any atom is 0.266 e. The minimum Gasteiger partial charge on any atom is -0.480 e. The van der Waals surface area contributed by atoms with E-state index in [9.17, 15) is 4.79 Å². The first-order valence-electron chi connectivity index (χ1n) is 8.31. The molecule has 4 rings (SSSR count). The fraction of sp³-hybridized carbons (Fsp3) is 0.200. The number of nitrogens with zero attached hydrogens (tertiary/aromatic N) is 2. The van der Waals surface area contributed by atoms with E-state index in [4.69, 9.17) is 4.74 Å². The van der Waals surface area contributed by atoms with E-state index in [0.717, 1.165) is 22.7 Å². The Balaban J connectivity index is 1.54. The van der Waals surface area contributed by atoms with E-state index >= 15 is 0 Å².